The summed E-state index contributed by atoms with van der Waals surface area (Å²) in [5.41, 5.74) is 1.15. The molecule has 2 amide bonds. The Morgan fingerprint density at radius 3 is 2.48 bits per heavy atom. The Labute approximate surface area is 183 Å². The van der Waals surface area contributed by atoms with Crippen LogP contribution in [0.2, 0.25) is 0 Å². The molecular formula is C23H31N5O3. The van der Waals surface area contributed by atoms with Crippen LogP contribution in [0.3, 0.4) is 0 Å². The van der Waals surface area contributed by atoms with Crippen LogP contribution in [0.5, 0.6) is 5.75 Å². The van der Waals surface area contributed by atoms with Crippen LogP contribution in [0.15, 0.2) is 24.3 Å². The van der Waals surface area contributed by atoms with E-state index in [0.717, 1.165) is 70.0 Å². The van der Waals surface area contributed by atoms with Crippen molar-refractivity contribution >= 4 is 17.5 Å². The molecule has 31 heavy (non-hydrogen) atoms. The van der Waals surface area contributed by atoms with Crippen molar-refractivity contribution in [3.63, 3.8) is 0 Å². The molecule has 8 nitrogen and oxygen atoms in total. The number of benzene rings is 1. The molecule has 0 spiro atoms. The highest BCUT2D eigenvalue weighted by atomic mass is 16.5. The van der Waals surface area contributed by atoms with Crippen LogP contribution in [0, 0.1) is 11.3 Å². The Kier molecular flexibility index (Phi) is 6.62. The van der Waals surface area contributed by atoms with Gasteiger partial charge in [-0.2, -0.15) is 5.26 Å². The second-order valence-corrected chi connectivity index (χ2v) is 8.62. The van der Waals surface area contributed by atoms with E-state index in [9.17, 15) is 14.9 Å². The SMILES string of the molecule is CC(=O)N1CCN(c2ccc(O[C@H]3CCN(CC(=O)N4CCCC4C#N)C3)cc2)CC1. The van der Waals surface area contributed by atoms with Crippen molar-refractivity contribution in [1.29, 1.82) is 5.26 Å². The molecule has 0 bridgehead atoms. The summed E-state index contributed by atoms with van der Waals surface area (Å²) in [6.45, 7) is 7.45. The average molecular weight is 426 g/mol. The van der Waals surface area contributed by atoms with Crippen molar-refractivity contribution in [2.75, 3.05) is 57.3 Å². The third-order valence-electron chi connectivity index (χ3n) is 6.54. The van der Waals surface area contributed by atoms with Gasteiger partial charge in [0.05, 0.1) is 12.6 Å². The molecule has 3 aliphatic heterocycles. The largest absolute Gasteiger partial charge is 0.489 e. The molecule has 3 heterocycles. The molecule has 1 unspecified atom stereocenters. The van der Waals surface area contributed by atoms with Gasteiger partial charge < -0.3 is 19.4 Å². The normalized spacial score (nSPS) is 24.3. The van der Waals surface area contributed by atoms with Crippen molar-refractivity contribution in [2.45, 2.75) is 38.3 Å². The van der Waals surface area contributed by atoms with Crippen LogP contribution in [0.1, 0.15) is 26.2 Å². The fourth-order valence-corrected chi connectivity index (χ4v) is 4.73. The maximum atomic E-state index is 12.5. The summed E-state index contributed by atoms with van der Waals surface area (Å²) in [7, 11) is 0. The maximum absolute atomic E-state index is 12.5. The summed E-state index contributed by atoms with van der Waals surface area (Å²) < 4.78 is 6.16. The minimum Gasteiger partial charge on any atom is -0.489 e. The second-order valence-electron chi connectivity index (χ2n) is 8.62. The van der Waals surface area contributed by atoms with Crippen LogP contribution >= 0.6 is 0 Å². The van der Waals surface area contributed by atoms with Crippen LogP contribution < -0.4 is 9.64 Å². The zero-order valence-corrected chi connectivity index (χ0v) is 18.2. The third kappa shape index (κ3) is 5.10. The van der Waals surface area contributed by atoms with Crippen LogP contribution in [0.4, 0.5) is 5.69 Å². The zero-order chi connectivity index (χ0) is 21.8. The first-order chi connectivity index (χ1) is 15.0. The van der Waals surface area contributed by atoms with Gasteiger partial charge in [-0.25, -0.2) is 0 Å². The summed E-state index contributed by atoms with van der Waals surface area (Å²) in [5.74, 6) is 1.04. The highest BCUT2D eigenvalue weighted by Gasteiger charge is 2.32. The fourth-order valence-electron chi connectivity index (χ4n) is 4.73. The van der Waals surface area contributed by atoms with Gasteiger partial charge in [0.1, 0.15) is 17.9 Å². The maximum Gasteiger partial charge on any atom is 0.237 e. The number of hydrogen-bond acceptors (Lipinski definition) is 6. The topological polar surface area (TPSA) is 80.1 Å². The molecule has 0 aliphatic carbocycles. The third-order valence-corrected chi connectivity index (χ3v) is 6.54. The smallest absolute Gasteiger partial charge is 0.237 e. The first-order valence-corrected chi connectivity index (χ1v) is 11.2. The highest BCUT2D eigenvalue weighted by Crippen LogP contribution is 2.24. The fraction of sp³-hybridized carbons (Fsp3) is 0.609. The Morgan fingerprint density at radius 1 is 1.06 bits per heavy atom. The number of nitriles is 1. The number of hydrogen-bond donors (Lipinski definition) is 0. The van der Waals surface area contributed by atoms with E-state index in [1.165, 1.54) is 0 Å². The molecular weight excluding hydrogens is 394 g/mol. The number of rotatable bonds is 5. The molecule has 8 heteroatoms. The van der Waals surface area contributed by atoms with Gasteiger partial charge in [0, 0.05) is 58.4 Å². The lowest BCUT2D eigenvalue weighted by atomic mass is 10.2. The molecule has 0 radical (unpaired) electrons. The van der Waals surface area contributed by atoms with Crippen LogP contribution in [-0.4, -0.2) is 91.0 Å². The van der Waals surface area contributed by atoms with E-state index >= 15 is 0 Å². The number of amides is 2. The van der Waals surface area contributed by atoms with Crippen molar-refractivity contribution in [1.82, 2.24) is 14.7 Å². The van der Waals surface area contributed by atoms with Gasteiger partial charge in [-0.1, -0.05) is 0 Å². The number of likely N-dealkylation sites (tertiary alicyclic amines) is 2. The van der Waals surface area contributed by atoms with Gasteiger partial charge in [-0.15, -0.1) is 0 Å². The Balaban J connectivity index is 1.24. The molecule has 0 N–H and O–H groups in total. The number of piperazine rings is 1. The molecule has 3 aliphatic rings. The molecule has 1 aromatic carbocycles. The standard InChI is InChI=1S/C23H31N5O3/c1-18(29)26-11-13-27(14-12-26)19-4-6-21(7-5-19)31-22-8-10-25(16-22)17-23(30)28-9-2-3-20(28)15-24/h4-7,20,22H,2-3,8-14,16-17H2,1H3/t20?,22-/m0/s1. The number of ether oxygens (including phenoxy) is 1. The summed E-state index contributed by atoms with van der Waals surface area (Å²) in [6.07, 6.45) is 2.67. The van der Waals surface area contributed by atoms with E-state index in [1.54, 1.807) is 11.8 Å². The van der Waals surface area contributed by atoms with Crippen molar-refractivity contribution in [3.05, 3.63) is 24.3 Å². The lowest BCUT2D eigenvalue weighted by molar-refractivity contribution is -0.132. The first-order valence-electron chi connectivity index (χ1n) is 11.2. The van der Waals surface area contributed by atoms with E-state index in [-0.39, 0.29) is 24.0 Å². The number of carbonyl (C=O) groups excluding carboxylic acids is 2. The van der Waals surface area contributed by atoms with Crippen LogP contribution in [-0.2, 0) is 9.59 Å². The lowest BCUT2D eigenvalue weighted by Crippen LogP contribution is -2.48. The van der Waals surface area contributed by atoms with Crippen molar-refractivity contribution < 1.29 is 14.3 Å². The molecule has 2 atom stereocenters. The quantitative estimate of drug-likeness (QED) is 0.708. The molecule has 0 aromatic heterocycles. The Morgan fingerprint density at radius 2 is 1.81 bits per heavy atom. The van der Waals surface area contributed by atoms with Gasteiger partial charge in [-0.05, 0) is 43.5 Å². The lowest BCUT2D eigenvalue weighted by Gasteiger charge is -2.35. The second kappa shape index (κ2) is 9.56. The summed E-state index contributed by atoms with van der Waals surface area (Å²) in [6, 6.07) is 10.1. The highest BCUT2D eigenvalue weighted by molar-refractivity contribution is 5.79. The first kappa shape index (κ1) is 21.4. The van der Waals surface area contributed by atoms with Crippen molar-refractivity contribution in [3.8, 4) is 11.8 Å². The predicted molar refractivity (Wildman–Crippen MR) is 117 cm³/mol. The Bertz CT molecular complexity index is 829. The predicted octanol–water partition coefficient (Wildman–Crippen LogP) is 1.32. The molecule has 0 saturated carbocycles. The average Bonchev–Trinajstić information content (AvgIpc) is 3.43. The van der Waals surface area contributed by atoms with E-state index in [4.69, 9.17) is 4.74 Å². The Hall–Kier alpha value is -2.79. The van der Waals surface area contributed by atoms with Gasteiger partial charge in [-0.3, -0.25) is 14.5 Å². The van der Waals surface area contributed by atoms with Gasteiger partial charge >= 0.3 is 0 Å². The summed E-state index contributed by atoms with van der Waals surface area (Å²) in [5, 5.41) is 9.19. The van der Waals surface area contributed by atoms with Crippen LogP contribution in [0.25, 0.3) is 0 Å². The number of anilines is 1. The van der Waals surface area contributed by atoms with Crippen molar-refractivity contribution in [2.24, 2.45) is 0 Å². The summed E-state index contributed by atoms with van der Waals surface area (Å²) in [4.78, 5) is 32.1. The molecule has 4 rings (SSSR count). The van der Waals surface area contributed by atoms with E-state index < -0.39 is 0 Å². The molecule has 166 valence electrons. The van der Waals surface area contributed by atoms with E-state index in [1.807, 2.05) is 17.0 Å². The number of nitrogens with zero attached hydrogens (tertiary/aromatic N) is 5. The van der Waals surface area contributed by atoms with E-state index in [0.29, 0.717) is 13.1 Å². The minimum atomic E-state index is -0.258. The van der Waals surface area contributed by atoms with Gasteiger partial charge in [0.25, 0.3) is 0 Å². The monoisotopic (exact) mass is 425 g/mol. The molecule has 1 aromatic rings. The van der Waals surface area contributed by atoms with E-state index in [2.05, 4.69) is 28.0 Å². The zero-order valence-electron chi connectivity index (χ0n) is 18.2. The molecule has 3 saturated heterocycles. The number of carbonyl (C=O) groups is 2. The van der Waals surface area contributed by atoms with Gasteiger partial charge in [0.2, 0.25) is 11.8 Å². The summed E-state index contributed by atoms with van der Waals surface area (Å²) >= 11 is 0. The molecule has 3 fully saturated rings. The minimum absolute atomic E-state index is 0.0546. The van der Waals surface area contributed by atoms with Gasteiger partial charge in [0.15, 0.2) is 0 Å².